The van der Waals surface area contributed by atoms with Crippen LogP contribution in [0.3, 0.4) is 0 Å². The topological polar surface area (TPSA) is 91.0 Å². The predicted molar refractivity (Wildman–Crippen MR) is 98.4 cm³/mol. The number of nitrogens with zero attached hydrogens (tertiary/aromatic N) is 3. The number of hydrogen-bond donors (Lipinski definition) is 1. The molecular formula is C20H18N4O2. The molecule has 0 saturated heterocycles. The smallest absolute Gasteiger partial charge is 0.340 e. The lowest BCUT2D eigenvalue weighted by atomic mass is 10.0. The Kier molecular flexibility index (Phi) is 4.08. The van der Waals surface area contributed by atoms with Crippen LogP contribution in [0.25, 0.3) is 22.5 Å². The van der Waals surface area contributed by atoms with E-state index in [4.69, 9.17) is 10.5 Å². The van der Waals surface area contributed by atoms with Crippen molar-refractivity contribution in [3.63, 3.8) is 0 Å². The number of aromatic nitrogens is 3. The van der Waals surface area contributed by atoms with Crippen molar-refractivity contribution < 1.29 is 9.53 Å². The molecule has 3 heterocycles. The molecule has 2 N–H and O–H groups in total. The zero-order valence-electron chi connectivity index (χ0n) is 14.3. The third-order valence-corrected chi connectivity index (χ3v) is 4.48. The summed E-state index contributed by atoms with van der Waals surface area (Å²) in [5, 5.41) is 0. The Balaban J connectivity index is 1.84. The summed E-state index contributed by atoms with van der Waals surface area (Å²) in [6.45, 7) is 0. The summed E-state index contributed by atoms with van der Waals surface area (Å²) >= 11 is 0. The lowest BCUT2D eigenvalue weighted by Gasteiger charge is -2.12. The van der Waals surface area contributed by atoms with Crippen LogP contribution in [0.4, 0.5) is 5.69 Å². The second kappa shape index (κ2) is 6.55. The minimum Gasteiger partial charge on any atom is -0.465 e. The summed E-state index contributed by atoms with van der Waals surface area (Å²) < 4.78 is 4.88. The molecule has 26 heavy (non-hydrogen) atoms. The Bertz CT molecular complexity index is 952. The Labute approximate surface area is 151 Å². The quantitative estimate of drug-likeness (QED) is 0.728. The maximum absolute atomic E-state index is 12.2. The van der Waals surface area contributed by atoms with Crippen LogP contribution in [0.15, 0.2) is 48.9 Å². The molecule has 0 aliphatic heterocycles. The fraction of sp³-hybridized carbons (Fsp3) is 0.200. The summed E-state index contributed by atoms with van der Waals surface area (Å²) in [7, 11) is 1.33. The van der Waals surface area contributed by atoms with E-state index in [2.05, 4.69) is 15.0 Å². The highest BCUT2D eigenvalue weighted by molar-refractivity contribution is 5.99. The van der Waals surface area contributed by atoms with Crippen molar-refractivity contribution in [3.05, 3.63) is 60.2 Å². The van der Waals surface area contributed by atoms with Gasteiger partial charge in [0.25, 0.3) is 0 Å². The molecule has 0 spiro atoms. The zero-order valence-corrected chi connectivity index (χ0v) is 14.3. The maximum atomic E-state index is 12.2. The van der Waals surface area contributed by atoms with Gasteiger partial charge in [-0.25, -0.2) is 9.78 Å². The van der Waals surface area contributed by atoms with Crippen LogP contribution in [-0.2, 0) is 4.74 Å². The summed E-state index contributed by atoms with van der Waals surface area (Å²) in [6.07, 6.45) is 7.53. The van der Waals surface area contributed by atoms with E-state index < -0.39 is 5.97 Å². The lowest BCUT2D eigenvalue weighted by Crippen LogP contribution is -2.09. The van der Waals surface area contributed by atoms with Gasteiger partial charge in [0.2, 0.25) is 0 Å². The third kappa shape index (κ3) is 3.01. The molecule has 0 amide bonds. The third-order valence-electron chi connectivity index (χ3n) is 4.48. The highest BCUT2D eigenvalue weighted by Crippen LogP contribution is 2.39. The van der Waals surface area contributed by atoms with Gasteiger partial charge in [-0.1, -0.05) is 0 Å². The largest absolute Gasteiger partial charge is 0.465 e. The molecule has 1 fully saturated rings. The first-order chi connectivity index (χ1) is 12.7. The number of nitrogens with two attached hydrogens (primary N) is 1. The van der Waals surface area contributed by atoms with E-state index in [9.17, 15) is 4.79 Å². The first-order valence-electron chi connectivity index (χ1n) is 8.43. The minimum atomic E-state index is -0.501. The summed E-state index contributed by atoms with van der Waals surface area (Å²) in [6, 6.07) is 9.30. The first-order valence-corrected chi connectivity index (χ1v) is 8.43. The average Bonchev–Trinajstić information content (AvgIpc) is 3.54. The molecule has 1 saturated carbocycles. The Morgan fingerprint density at radius 3 is 2.65 bits per heavy atom. The number of carbonyl (C=O) groups is 1. The Morgan fingerprint density at radius 2 is 2.04 bits per heavy atom. The number of esters is 1. The van der Waals surface area contributed by atoms with E-state index in [1.165, 1.54) is 20.0 Å². The molecule has 1 aliphatic carbocycles. The number of carbonyl (C=O) groups excluding carboxylic acids is 1. The molecular weight excluding hydrogens is 328 g/mol. The van der Waals surface area contributed by atoms with Gasteiger partial charge in [0.05, 0.1) is 29.7 Å². The molecule has 1 aliphatic rings. The van der Waals surface area contributed by atoms with Gasteiger partial charge in [-0.05, 0) is 43.2 Å². The van der Waals surface area contributed by atoms with Gasteiger partial charge in [-0.15, -0.1) is 0 Å². The van der Waals surface area contributed by atoms with E-state index in [0.29, 0.717) is 17.3 Å². The second-order valence-corrected chi connectivity index (χ2v) is 6.30. The van der Waals surface area contributed by atoms with Crippen LogP contribution < -0.4 is 5.73 Å². The number of pyridine rings is 3. The van der Waals surface area contributed by atoms with Crippen molar-refractivity contribution >= 4 is 11.7 Å². The number of methoxy groups -OCH3 is 1. The van der Waals surface area contributed by atoms with E-state index in [0.717, 1.165) is 16.8 Å². The van der Waals surface area contributed by atoms with Crippen molar-refractivity contribution in [2.75, 3.05) is 12.8 Å². The fourth-order valence-corrected chi connectivity index (χ4v) is 2.88. The summed E-state index contributed by atoms with van der Waals surface area (Å²) in [5.41, 5.74) is 10.5. The van der Waals surface area contributed by atoms with Crippen molar-refractivity contribution in [2.24, 2.45) is 0 Å². The second-order valence-electron chi connectivity index (χ2n) is 6.30. The standard InChI is InChI=1S/C20H18N4O2/c1-26-20(25)15-9-17(13-6-7-16(23-11-13)12-4-5-12)24-19(18(15)21)14-3-2-8-22-10-14/h2-3,6-12H,4-5,21H2,1H3. The van der Waals surface area contributed by atoms with E-state index in [1.54, 1.807) is 30.7 Å². The van der Waals surface area contributed by atoms with Crippen molar-refractivity contribution in [1.82, 2.24) is 15.0 Å². The van der Waals surface area contributed by atoms with Gasteiger partial charge in [-0.3, -0.25) is 9.97 Å². The molecule has 4 rings (SSSR count). The van der Waals surface area contributed by atoms with Crippen LogP contribution in [0.1, 0.15) is 34.8 Å². The molecule has 0 aromatic carbocycles. The van der Waals surface area contributed by atoms with Gasteiger partial charge < -0.3 is 10.5 Å². The number of anilines is 1. The van der Waals surface area contributed by atoms with E-state index >= 15 is 0 Å². The molecule has 3 aromatic rings. The molecule has 6 nitrogen and oxygen atoms in total. The van der Waals surface area contributed by atoms with Crippen molar-refractivity contribution in [1.29, 1.82) is 0 Å². The molecule has 0 atom stereocenters. The highest BCUT2D eigenvalue weighted by Gasteiger charge is 2.25. The predicted octanol–water partition coefficient (Wildman–Crippen LogP) is 3.45. The zero-order chi connectivity index (χ0) is 18.1. The molecule has 3 aromatic heterocycles. The van der Waals surface area contributed by atoms with Crippen LogP contribution >= 0.6 is 0 Å². The van der Waals surface area contributed by atoms with Gasteiger partial charge >= 0.3 is 5.97 Å². The summed E-state index contributed by atoms with van der Waals surface area (Å²) in [4.78, 5) is 25.5. The number of nitrogen functional groups attached to an aromatic ring is 1. The number of rotatable bonds is 4. The fourth-order valence-electron chi connectivity index (χ4n) is 2.88. The highest BCUT2D eigenvalue weighted by atomic mass is 16.5. The molecule has 0 radical (unpaired) electrons. The number of ether oxygens (including phenoxy) is 1. The van der Waals surface area contributed by atoms with Gasteiger partial charge in [0.1, 0.15) is 0 Å². The normalized spacial score (nSPS) is 13.4. The molecule has 0 unspecified atom stereocenters. The van der Waals surface area contributed by atoms with E-state index in [1.807, 2.05) is 18.2 Å². The van der Waals surface area contributed by atoms with Crippen LogP contribution in [-0.4, -0.2) is 28.0 Å². The Morgan fingerprint density at radius 1 is 1.19 bits per heavy atom. The van der Waals surface area contributed by atoms with Crippen LogP contribution in [0.5, 0.6) is 0 Å². The van der Waals surface area contributed by atoms with Gasteiger partial charge in [-0.2, -0.15) is 0 Å². The average molecular weight is 346 g/mol. The summed E-state index contributed by atoms with van der Waals surface area (Å²) in [5.74, 6) is 0.0823. The monoisotopic (exact) mass is 346 g/mol. The first kappa shape index (κ1) is 16.2. The van der Waals surface area contributed by atoms with Crippen molar-refractivity contribution in [3.8, 4) is 22.5 Å². The Hall–Kier alpha value is -3.28. The lowest BCUT2D eigenvalue weighted by molar-refractivity contribution is 0.0602. The van der Waals surface area contributed by atoms with Crippen molar-refractivity contribution in [2.45, 2.75) is 18.8 Å². The van der Waals surface area contributed by atoms with Crippen LogP contribution in [0.2, 0.25) is 0 Å². The molecule has 6 heteroatoms. The minimum absolute atomic E-state index is 0.274. The molecule has 0 bridgehead atoms. The maximum Gasteiger partial charge on any atom is 0.340 e. The van der Waals surface area contributed by atoms with Crippen LogP contribution in [0, 0.1) is 0 Å². The van der Waals surface area contributed by atoms with Gasteiger partial charge in [0.15, 0.2) is 0 Å². The van der Waals surface area contributed by atoms with E-state index in [-0.39, 0.29) is 11.3 Å². The SMILES string of the molecule is COC(=O)c1cc(-c2ccc(C3CC3)nc2)nc(-c2cccnc2)c1N. The number of hydrogen-bond acceptors (Lipinski definition) is 6. The van der Waals surface area contributed by atoms with Gasteiger partial charge in [0, 0.05) is 41.3 Å². The molecule has 130 valence electrons.